The molecule has 0 aliphatic heterocycles. The van der Waals surface area contributed by atoms with Crippen molar-refractivity contribution in [2.45, 2.75) is 6.92 Å². The first kappa shape index (κ1) is 12.8. The third kappa shape index (κ3) is 2.18. The van der Waals surface area contributed by atoms with Crippen molar-refractivity contribution in [1.82, 2.24) is 4.98 Å². The molecule has 1 aromatic heterocycles. The number of hydrogen-bond acceptors (Lipinski definition) is 4. The number of hydrogen-bond donors (Lipinski definition) is 0. The summed E-state index contributed by atoms with van der Waals surface area (Å²) < 4.78 is 5.72. The maximum absolute atomic E-state index is 10.8. The van der Waals surface area contributed by atoms with Crippen LogP contribution in [0.4, 0.5) is 0 Å². The Morgan fingerprint density at radius 1 is 1.25 bits per heavy atom. The van der Waals surface area contributed by atoms with Crippen molar-refractivity contribution in [2.24, 2.45) is 0 Å². The number of nitrogens with zero attached hydrogens (tertiary/aromatic N) is 1. The van der Waals surface area contributed by atoms with Gasteiger partial charge in [0, 0.05) is 5.38 Å². The highest BCUT2D eigenvalue weighted by Crippen LogP contribution is 2.37. The van der Waals surface area contributed by atoms with Gasteiger partial charge in [-0.05, 0) is 23.8 Å². The van der Waals surface area contributed by atoms with Gasteiger partial charge in [0.1, 0.15) is 5.75 Å². The number of aromatic nitrogens is 1. The molecular weight excluding hydrogens is 270 g/mol. The van der Waals surface area contributed by atoms with Gasteiger partial charge >= 0.3 is 0 Å². The van der Waals surface area contributed by atoms with E-state index in [0.717, 1.165) is 34.1 Å². The largest absolute Gasteiger partial charge is 0.493 e. The number of carbonyl (C=O) groups is 1. The summed E-state index contributed by atoms with van der Waals surface area (Å²) in [6, 6.07) is 12.1. The van der Waals surface area contributed by atoms with Gasteiger partial charge in [-0.3, -0.25) is 4.79 Å². The van der Waals surface area contributed by atoms with Crippen molar-refractivity contribution in [1.29, 1.82) is 0 Å². The van der Waals surface area contributed by atoms with Crippen LogP contribution in [0.5, 0.6) is 5.75 Å². The number of benzene rings is 2. The first-order valence-electron chi connectivity index (χ1n) is 6.39. The molecule has 1 heterocycles. The molecule has 0 aliphatic carbocycles. The molecule has 0 saturated heterocycles. The molecule has 0 fully saturated rings. The zero-order valence-corrected chi connectivity index (χ0v) is 11.8. The minimum Gasteiger partial charge on any atom is -0.493 e. The van der Waals surface area contributed by atoms with Crippen LogP contribution >= 0.6 is 11.3 Å². The Morgan fingerprint density at radius 2 is 2.10 bits per heavy atom. The van der Waals surface area contributed by atoms with Crippen LogP contribution in [0.15, 0.2) is 41.8 Å². The summed E-state index contributed by atoms with van der Waals surface area (Å²) in [6.45, 7) is 2.55. The summed E-state index contributed by atoms with van der Waals surface area (Å²) in [5.74, 6) is 0.800. The van der Waals surface area contributed by atoms with Gasteiger partial charge in [-0.2, -0.15) is 0 Å². The van der Waals surface area contributed by atoms with E-state index in [2.05, 4.69) is 11.1 Å². The second kappa shape index (κ2) is 5.43. The smallest absolute Gasteiger partial charge is 0.178 e. The zero-order valence-electron chi connectivity index (χ0n) is 11.0. The van der Waals surface area contributed by atoms with Crippen molar-refractivity contribution in [3.8, 4) is 17.0 Å². The molecule has 3 nitrogen and oxygen atoms in total. The van der Waals surface area contributed by atoms with Gasteiger partial charge in [0.2, 0.25) is 0 Å². The lowest BCUT2D eigenvalue weighted by atomic mass is 10.0. The lowest BCUT2D eigenvalue weighted by molar-refractivity contribution is 0.112. The Hall–Kier alpha value is -2.20. The molecule has 0 atom stereocenters. The van der Waals surface area contributed by atoms with Gasteiger partial charge in [-0.15, -0.1) is 11.3 Å². The second-order valence-corrected chi connectivity index (χ2v) is 5.17. The summed E-state index contributed by atoms with van der Waals surface area (Å²) in [5, 5.41) is 4.59. The molecule has 4 heteroatoms. The summed E-state index contributed by atoms with van der Waals surface area (Å²) in [5.41, 5.74) is 1.74. The van der Waals surface area contributed by atoms with Gasteiger partial charge < -0.3 is 4.74 Å². The number of carbonyl (C=O) groups excluding carboxylic acids is 1. The molecule has 0 saturated carbocycles. The summed E-state index contributed by atoms with van der Waals surface area (Å²) in [6.07, 6.45) is 0.777. The normalized spacial score (nSPS) is 10.7. The number of ether oxygens (including phenoxy) is 1. The molecule has 0 bridgehead atoms. The highest BCUT2D eigenvalue weighted by atomic mass is 32.1. The van der Waals surface area contributed by atoms with Gasteiger partial charge in [0.05, 0.1) is 17.9 Å². The van der Waals surface area contributed by atoms with E-state index >= 15 is 0 Å². The molecule has 3 rings (SSSR count). The summed E-state index contributed by atoms with van der Waals surface area (Å²) in [7, 11) is 0. The molecule has 3 aromatic rings. The first-order valence-corrected chi connectivity index (χ1v) is 7.27. The Labute approximate surface area is 120 Å². The van der Waals surface area contributed by atoms with Crippen LogP contribution in [0.3, 0.4) is 0 Å². The molecule has 0 unspecified atom stereocenters. The standard InChI is InChI=1S/C16H13NO2S/c1-2-19-14-8-7-11-5-3-4-6-12(11)16(14)13-10-20-15(9-18)17-13/h3-10H,2H2,1H3. The van der Waals surface area contributed by atoms with Crippen molar-refractivity contribution in [2.75, 3.05) is 6.61 Å². The van der Waals surface area contributed by atoms with Gasteiger partial charge in [0.25, 0.3) is 0 Å². The summed E-state index contributed by atoms with van der Waals surface area (Å²) >= 11 is 1.35. The average Bonchev–Trinajstić information content (AvgIpc) is 2.96. The fourth-order valence-corrected chi connectivity index (χ4v) is 2.86. The van der Waals surface area contributed by atoms with E-state index in [9.17, 15) is 4.79 Å². The van der Waals surface area contributed by atoms with Crippen LogP contribution < -0.4 is 4.74 Å². The van der Waals surface area contributed by atoms with E-state index in [1.807, 2.05) is 42.6 Å². The van der Waals surface area contributed by atoms with Crippen molar-refractivity contribution >= 4 is 28.4 Å². The van der Waals surface area contributed by atoms with E-state index in [4.69, 9.17) is 4.74 Å². The zero-order chi connectivity index (χ0) is 13.9. The lowest BCUT2D eigenvalue weighted by Crippen LogP contribution is -1.95. The molecule has 100 valence electrons. The SMILES string of the molecule is CCOc1ccc2ccccc2c1-c1csc(C=O)n1. The van der Waals surface area contributed by atoms with Gasteiger partial charge in [-0.1, -0.05) is 30.3 Å². The minimum atomic E-state index is 0.482. The molecule has 0 radical (unpaired) electrons. The van der Waals surface area contributed by atoms with Crippen LogP contribution in [-0.4, -0.2) is 17.9 Å². The maximum Gasteiger partial charge on any atom is 0.178 e. The van der Waals surface area contributed by atoms with Crippen LogP contribution in [0.25, 0.3) is 22.0 Å². The van der Waals surface area contributed by atoms with E-state index in [-0.39, 0.29) is 0 Å². The minimum absolute atomic E-state index is 0.482. The highest BCUT2D eigenvalue weighted by Gasteiger charge is 2.14. The molecule has 20 heavy (non-hydrogen) atoms. The van der Waals surface area contributed by atoms with Crippen LogP contribution in [-0.2, 0) is 0 Å². The van der Waals surface area contributed by atoms with Gasteiger partial charge in [-0.25, -0.2) is 4.98 Å². The first-order chi connectivity index (χ1) is 9.83. The maximum atomic E-state index is 10.8. The third-order valence-corrected chi connectivity index (χ3v) is 3.84. The van der Waals surface area contributed by atoms with Crippen molar-refractivity contribution in [3.05, 3.63) is 46.8 Å². The fraction of sp³-hybridized carbons (Fsp3) is 0.125. The van der Waals surface area contributed by atoms with E-state index in [0.29, 0.717) is 11.6 Å². The number of rotatable bonds is 4. The highest BCUT2D eigenvalue weighted by molar-refractivity contribution is 7.11. The van der Waals surface area contributed by atoms with E-state index in [1.165, 1.54) is 11.3 Å². The Balaban J connectivity index is 2.28. The fourth-order valence-electron chi connectivity index (χ4n) is 2.25. The van der Waals surface area contributed by atoms with E-state index < -0.39 is 0 Å². The molecule has 0 N–H and O–H groups in total. The number of thiazole rings is 1. The van der Waals surface area contributed by atoms with Crippen LogP contribution in [0.1, 0.15) is 16.7 Å². The Kier molecular flexibility index (Phi) is 3.48. The summed E-state index contributed by atoms with van der Waals surface area (Å²) in [4.78, 5) is 15.2. The van der Waals surface area contributed by atoms with Crippen LogP contribution in [0.2, 0.25) is 0 Å². The van der Waals surface area contributed by atoms with Gasteiger partial charge in [0.15, 0.2) is 11.3 Å². The molecule has 0 aliphatic rings. The van der Waals surface area contributed by atoms with E-state index in [1.54, 1.807) is 0 Å². The number of aldehydes is 1. The molecular formula is C16H13NO2S. The monoisotopic (exact) mass is 283 g/mol. The average molecular weight is 283 g/mol. The number of fused-ring (bicyclic) bond motifs is 1. The third-order valence-electron chi connectivity index (χ3n) is 3.07. The molecule has 2 aromatic carbocycles. The lowest BCUT2D eigenvalue weighted by Gasteiger charge is -2.11. The quantitative estimate of drug-likeness (QED) is 0.674. The van der Waals surface area contributed by atoms with Crippen molar-refractivity contribution < 1.29 is 9.53 Å². The topological polar surface area (TPSA) is 39.2 Å². The predicted octanol–water partition coefficient (Wildman–Crippen LogP) is 4.17. The van der Waals surface area contributed by atoms with Crippen LogP contribution in [0, 0.1) is 0 Å². The second-order valence-electron chi connectivity index (χ2n) is 4.28. The Bertz CT molecular complexity index is 764. The Morgan fingerprint density at radius 3 is 2.85 bits per heavy atom. The molecule has 0 amide bonds. The van der Waals surface area contributed by atoms with Crippen molar-refractivity contribution in [3.63, 3.8) is 0 Å². The molecule has 0 spiro atoms. The predicted molar refractivity (Wildman–Crippen MR) is 81.6 cm³/mol.